The van der Waals surface area contributed by atoms with Gasteiger partial charge in [-0.1, -0.05) is 36.4 Å². The summed E-state index contributed by atoms with van der Waals surface area (Å²) in [5.41, 5.74) is 6.07. The number of ether oxygens (including phenoxy) is 3. The summed E-state index contributed by atoms with van der Waals surface area (Å²) in [5.74, 6) is -1.12. The molecule has 1 fully saturated rings. The Bertz CT molecular complexity index is 1340. The van der Waals surface area contributed by atoms with Crippen LogP contribution in [0.2, 0.25) is 0 Å². The smallest absolute Gasteiger partial charge is 0.459 e. The van der Waals surface area contributed by atoms with Crippen molar-refractivity contribution in [1.82, 2.24) is 10.2 Å². The summed E-state index contributed by atoms with van der Waals surface area (Å²) in [5, 5.41) is 26.9. The zero-order valence-electron chi connectivity index (χ0n) is 25.1. The number of para-hydroxylation sites is 2. The Labute approximate surface area is 260 Å². The van der Waals surface area contributed by atoms with E-state index in [0.717, 1.165) is 7.11 Å². The molecule has 18 heteroatoms. The minimum absolute atomic E-state index is 0.0899. The van der Waals surface area contributed by atoms with E-state index in [9.17, 15) is 28.9 Å². The van der Waals surface area contributed by atoms with Gasteiger partial charge in [0.15, 0.2) is 6.29 Å². The molecule has 9 atom stereocenters. The van der Waals surface area contributed by atoms with Crippen molar-refractivity contribution in [1.29, 1.82) is 0 Å². The van der Waals surface area contributed by atoms with Crippen molar-refractivity contribution in [2.45, 2.75) is 63.0 Å². The Morgan fingerprint density at radius 2 is 1.47 bits per heavy atom. The third-order valence-electron chi connectivity index (χ3n) is 6.33. The Balaban J connectivity index is 1.82. The van der Waals surface area contributed by atoms with Gasteiger partial charge in [-0.15, -0.1) is 0 Å². The minimum Gasteiger partial charge on any atom is -0.469 e. The summed E-state index contributed by atoms with van der Waals surface area (Å²) in [6, 6.07) is 12.5. The van der Waals surface area contributed by atoms with E-state index in [1.165, 1.54) is 38.3 Å². The van der Waals surface area contributed by atoms with Gasteiger partial charge >= 0.3 is 27.4 Å². The van der Waals surface area contributed by atoms with Crippen LogP contribution >= 0.6 is 15.5 Å². The predicted octanol–water partition coefficient (Wildman–Crippen LogP) is 1.86. The second-order valence-corrected chi connectivity index (χ2v) is 13.3. The molecule has 4 unspecified atom stereocenters. The van der Waals surface area contributed by atoms with Crippen molar-refractivity contribution >= 4 is 27.4 Å². The van der Waals surface area contributed by atoms with Crippen LogP contribution in [0.25, 0.3) is 0 Å². The van der Waals surface area contributed by atoms with Gasteiger partial charge in [0.25, 0.3) is 0 Å². The van der Waals surface area contributed by atoms with Crippen LogP contribution in [0.15, 0.2) is 60.7 Å². The third kappa shape index (κ3) is 10.9. The molecule has 0 spiro atoms. The topological polar surface area (TPSA) is 223 Å². The van der Waals surface area contributed by atoms with E-state index in [1.54, 1.807) is 43.3 Å². The van der Waals surface area contributed by atoms with Crippen LogP contribution in [0.1, 0.15) is 20.3 Å². The molecule has 3 rings (SSSR count). The number of esters is 2. The second kappa shape index (κ2) is 16.6. The lowest BCUT2D eigenvalue weighted by Crippen LogP contribution is -2.63. The maximum atomic E-state index is 13.9. The molecule has 6 N–H and O–H groups in total. The van der Waals surface area contributed by atoms with Crippen LogP contribution in [-0.2, 0) is 42.0 Å². The first-order valence-corrected chi connectivity index (χ1v) is 16.9. The number of carbonyl (C=O) groups is 2. The average Bonchev–Trinajstić information content (AvgIpc) is 3.00. The molecular weight excluding hydrogens is 636 g/mol. The fourth-order valence-electron chi connectivity index (χ4n) is 4.08. The van der Waals surface area contributed by atoms with Crippen molar-refractivity contribution in [3.05, 3.63) is 60.7 Å². The third-order valence-corrected chi connectivity index (χ3v) is 9.71. The van der Waals surface area contributed by atoms with Gasteiger partial charge in [0.1, 0.15) is 35.9 Å². The molecule has 45 heavy (non-hydrogen) atoms. The summed E-state index contributed by atoms with van der Waals surface area (Å²) in [6.45, 7) is 2.23. The lowest BCUT2D eigenvalue weighted by Gasteiger charge is -2.42. The first-order chi connectivity index (χ1) is 21.3. The van der Waals surface area contributed by atoms with Gasteiger partial charge in [0, 0.05) is 6.04 Å². The van der Waals surface area contributed by atoms with Gasteiger partial charge in [-0.05, 0) is 38.1 Å². The molecule has 2 aromatic carbocycles. The zero-order valence-corrected chi connectivity index (χ0v) is 26.9. The van der Waals surface area contributed by atoms with Gasteiger partial charge in [0.05, 0.1) is 33.3 Å². The van der Waals surface area contributed by atoms with Gasteiger partial charge in [-0.2, -0.15) is 5.09 Å². The minimum atomic E-state index is -4.53. The Morgan fingerprint density at radius 3 is 2.00 bits per heavy atom. The van der Waals surface area contributed by atoms with Gasteiger partial charge in [-0.25, -0.2) is 14.2 Å². The summed E-state index contributed by atoms with van der Waals surface area (Å²) >= 11 is 0. The van der Waals surface area contributed by atoms with Crippen molar-refractivity contribution < 1.29 is 61.2 Å². The number of aliphatic hydroxyl groups excluding tert-OH is 2. The highest BCUT2D eigenvalue weighted by Crippen LogP contribution is 2.49. The van der Waals surface area contributed by atoms with E-state index in [-0.39, 0.29) is 17.9 Å². The molecule has 0 amide bonds. The summed E-state index contributed by atoms with van der Waals surface area (Å²) in [7, 11) is -6.47. The fraction of sp³-hybridized carbons (Fsp3) is 0.481. The number of carbonyl (C=O) groups excluding carboxylic acids is 2. The number of nitrogens with one attached hydrogen (secondary N) is 2. The second-order valence-electron chi connectivity index (χ2n) is 9.99. The van der Waals surface area contributed by atoms with Gasteiger partial charge in [-0.3, -0.25) is 18.6 Å². The van der Waals surface area contributed by atoms with Gasteiger partial charge < -0.3 is 39.2 Å². The zero-order chi connectivity index (χ0) is 33.2. The van der Waals surface area contributed by atoms with E-state index >= 15 is 0 Å². The highest BCUT2D eigenvalue weighted by atomic mass is 31.2. The first kappa shape index (κ1) is 36.6. The molecule has 0 saturated carbocycles. The monoisotopic (exact) mass is 675 g/mol. The maximum Gasteiger partial charge on any atom is 0.459 e. The lowest BCUT2D eigenvalue weighted by molar-refractivity contribution is -0.243. The molecule has 2 aromatic rings. The SMILES string of the molecule is COC(=O)C[C@H](C)NP(=O)(OCC1OC(O)[C@@H](N)[C@@H](OP(=O)(N[C@@H](C)C(=O)OC)Oc2ccccc2)[C@@H]1O)Oc1ccccc1. The first-order valence-electron chi connectivity index (χ1n) is 13.8. The number of methoxy groups -OCH3 is 2. The molecular formula is C27H39N3O13P2. The van der Waals surface area contributed by atoms with Crippen LogP contribution in [0.3, 0.4) is 0 Å². The summed E-state index contributed by atoms with van der Waals surface area (Å²) in [6.07, 6.45) is -6.80. The van der Waals surface area contributed by atoms with Crippen LogP contribution in [-0.4, -0.2) is 85.7 Å². The molecule has 250 valence electrons. The van der Waals surface area contributed by atoms with E-state index in [4.69, 9.17) is 28.6 Å². The molecule has 16 nitrogen and oxygen atoms in total. The van der Waals surface area contributed by atoms with Crippen molar-refractivity contribution in [3.8, 4) is 11.5 Å². The van der Waals surface area contributed by atoms with Crippen LogP contribution in [0.4, 0.5) is 0 Å². The van der Waals surface area contributed by atoms with Gasteiger partial charge in [0.2, 0.25) is 0 Å². The van der Waals surface area contributed by atoms with E-state index in [0.29, 0.717) is 0 Å². The summed E-state index contributed by atoms with van der Waals surface area (Å²) < 4.78 is 65.0. The predicted molar refractivity (Wildman–Crippen MR) is 159 cm³/mol. The Hall–Kier alpha value is -2.88. The number of nitrogens with two attached hydrogens (primary N) is 1. The quantitative estimate of drug-likeness (QED) is 0.126. The van der Waals surface area contributed by atoms with Crippen LogP contribution in [0.5, 0.6) is 11.5 Å². The average molecular weight is 676 g/mol. The number of rotatable bonds is 16. The van der Waals surface area contributed by atoms with Crippen molar-refractivity contribution in [2.75, 3.05) is 20.8 Å². The number of hydrogen-bond donors (Lipinski definition) is 5. The summed E-state index contributed by atoms with van der Waals surface area (Å²) in [4.78, 5) is 23.9. The number of hydrogen-bond acceptors (Lipinski definition) is 14. The highest BCUT2D eigenvalue weighted by Gasteiger charge is 2.49. The molecule has 1 saturated heterocycles. The normalized spacial score (nSPS) is 25.5. The van der Waals surface area contributed by atoms with Crippen LogP contribution < -0.4 is 25.0 Å². The van der Waals surface area contributed by atoms with Crippen LogP contribution in [0, 0.1) is 0 Å². The molecule has 0 aromatic heterocycles. The number of benzene rings is 2. The van der Waals surface area contributed by atoms with Crippen molar-refractivity contribution in [2.24, 2.45) is 5.73 Å². The molecule has 1 heterocycles. The Morgan fingerprint density at radius 1 is 0.911 bits per heavy atom. The standard InChI is InChI=1S/C27H39N3O13P2/c1-17(15-22(31)37-3)29-44(35,41-19-11-7-5-8-12-19)39-16-21-24(32)25(23(28)27(34)40-21)43-45(36,30-18(2)26(33)38-4)42-20-13-9-6-10-14-20/h5-14,17-18,21,23-25,27,32,34H,15-16,28H2,1-4H3,(H,29,35)(H,30,36)/t17-,18-,21?,23-,24+,25+,27?,44?,45?/m0/s1. The highest BCUT2D eigenvalue weighted by molar-refractivity contribution is 7.52. The number of aliphatic hydroxyl groups is 2. The molecule has 0 radical (unpaired) electrons. The molecule has 0 aliphatic carbocycles. The van der Waals surface area contributed by atoms with E-state index < -0.39 is 76.8 Å². The largest absolute Gasteiger partial charge is 0.469 e. The molecule has 1 aliphatic rings. The molecule has 0 bridgehead atoms. The van der Waals surface area contributed by atoms with E-state index in [2.05, 4.69) is 19.6 Å². The fourth-order valence-corrected chi connectivity index (χ4v) is 7.35. The van der Waals surface area contributed by atoms with E-state index in [1.807, 2.05) is 0 Å². The maximum absolute atomic E-state index is 13.9. The molecule has 1 aliphatic heterocycles. The Kier molecular flexibility index (Phi) is 13.5. The lowest BCUT2D eigenvalue weighted by atomic mass is 9.98. The van der Waals surface area contributed by atoms with Crippen molar-refractivity contribution in [3.63, 3.8) is 0 Å².